The van der Waals surface area contributed by atoms with Gasteiger partial charge in [-0.1, -0.05) is 6.92 Å². The van der Waals surface area contributed by atoms with Crippen molar-refractivity contribution in [1.29, 1.82) is 0 Å². The van der Waals surface area contributed by atoms with Crippen molar-refractivity contribution in [3.8, 4) is 0 Å². The fourth-order valence-electron chi connectivity index (χ4n) is 1.52. The number of amides is 1. The summed E-state index contributed by atoms with van der Waals surface area (Å²) in [6.07, 6.45) is 1.34. The molecule has 0 radical (unpaired) electrons. The Labute approximate surface area is 125 Å². The second-order valence-corrected chi connectivity index (χ2v) is 3.94. The zero-order valence-corrected chi connectivity index (χ0v) is 13.2. The van der Waals surface area contributed by atoms with E-state index in [-0.39, 0.29) is 29.9 Å². The lowest BCUT2D eigenvalue weighted by Crippen LogP contribution is -2.45. The molecule has 0 aliphatic carbocycles. The third kappa shape index (κ3) is 7.00. The highest BCUT2D eigenvalue weighted by molar-refractivity contribution is 14.0. The van der Waals surface area contributed by atoms with Gasteiger partial charge in [0.2, 0.25) is 5.91 Å². The maximum Gasteiger partial charge on any atom is 0.221 e. The first-order valence-corrected chi connectivity index (χ1v) is 6.13. The van der Waals surface area contributed by atoms with Gasteiger partial charge in [0.15, 0.2) is 5.96 Å². The maximum absolute atomic E-state index is 11.3. The third-order valence-electron chi connectivity index (χ3n) is 2.52. The fourth-order valence-corrected chi connectivity index (χ4v) is 1.52. The molecule has 18 heavy (non-hydrogen) atoms. The molecule has 0 aromatic heterocycles. The van der Waals surface area contributed by atoms with E-state index in [0.717, 1.165) is 26.1 Å². The Bertz CT molecular complexity index is 268. The number of nitrogens with two attached hydrogens (primary N) is 1. The summed E-state index contributed by atoms with van der Waals surface area (Å²) in [4.78, 5) is 17.5. The monoisotopic (exact) mass is 370 g/mol. The number of hydrogen-bond donors (Lipinski definition) is 2. The molecule has 1 aliphatic rings. The molecule has 1 amide bonds. The van der Waals surface area contributed by atoms with Gasteiger partial charge in [-0.25, -0.2) is 0 Å². The Morgan fingerprint density at radius 2 is 2.11 bits per heavy atom. The predicted octanol–water partition coefficient (Wildman–Crippen LogP) is 0.168. The van der Waals surface area contributed by atoms with Crippen molar-refractivity contribution in [3.05, 3.63) is 0 Å². The van der Waals surface area contributed by atoms with E-state index in [2.05, 4.69) is 10.3 Å². The van der Waals surface area contributed by atoms with Crippen molar-refractivity contribution in [2.24, 2.45) is 10.7 Å². The molecule has 3 N–H and O–H groups in total. The number of hydrogen-bond acceptors (Lipinski definition) is 3. The van der Waals surface area contributed by atoms with Gasteiger partial charge in [0.25, 0.3) is 0 Å². The molecule has 1 rings (SSSR count). The van der Waals surface area contributed by atoms with Gasteiger partial charge in [-0.2, -0.15) is 0 Å². The zero-order valence-electron chi connectivity index (χ0n) is 10.9. The normalized spacial score (nSPS) is 16.1. The molecule has 0 unspecified atom stereocenters. The highest BCUT2D eigenvalue weighted by atomic mass is 127. The van der Waals surface area contributed by atoms with Gasteiger partial charge >= 0.3 is 0 Å². The van der Waals surface area contributed by atoms with Gasteiger partial charge in [-0.15, -0.1) is 24.0 Å². The highest BCUT2D eigenvalue weighted by Crippen LogP contribution is 1.96. The fraction of sp³-hybridized carbons (Fsp3) is 0.818. The van der Waals surface area contributed by atoms with Gasteiger partial charge in [0, 0.05) is 26.1 Å². The largest absolute Gasteiger partial charge is 0.378 e. The number of carbonyl (C=O) groups is 1. The minimum Gasteiger partial charge on any atom is -0.378 e. The first-order valence-electron chi connectivity index (χ1n) is 6.13. The first kappa shape index (κ1) is 17.4. The third-order valence-corrected chi connectivity index (χ3v) is 2.52. The molecule has 0 atom stereocenters. The van der Waals surface area contributed by atoms with Crippen LogP contribution in [0, 0.1) is 0 Å². The molecule has 0 saturated carbocycles. The van der Waals surface area contributed by atoms with Crippen LogP contribution in [0.3, 0.4) is 0 Å². The number of ether oxygens (including phenoxy) is 1. The summed E-state index contributed by atoms with van der Waals surface area (Å²) in [7, 11) is 0. The Hall–Kier alpha value is -0.570. The topological polar surface area (TPSA) is 80.0 Å². The zero-order chi connectivity index (χ0) is 12.5. The lowest BCUT2D eigenvalue weighted by molar-refractivity contribution is -0.120. The summed E-state index contributed by atoms with van der Waals surface area (Å²) >= 11 is 0. The quantitative estimate of drug-likeness (QED) is 0.411. The Morgan fingerprint density at radius 1 is 1.44 bits per heavy atom. The van der Waals surface area contributed by atoms with Gasteiger partial charge in [-0.3, -0.25) is 9.79 Å². The second kappa shape index (κ2) is 10.4. The number of nitrogens with one attached hydrogen (secondary N) is 1. The summed E-state index contributed by atoms with van der Waals surface area (Å²) < 4.78 is 5.22. The molecular weight excluding hydrogens is 347 g/mol. The Balaban J connectivity index is 0.00000289. The molecule has 1 aliphatic heterocycles. The van der Waals surface area contributed by atoms with Crippen LogP contribution in [0.15, 0.2) is 4.99 Å². The summed E-state index contributed by atoms with van der Waals surface area (Å²) in [6.45, 7) is 6.12. The molecule has 1 heterocycles. The predicted molar refractivity (Wildman–Crippen MR) is 82.2 cm³/mol. The number of morpholine rings is 1. The van der Waals surface area contributed by atoms with E-state index in [0.29, 0.717) is 32.1 Å². The molecule has 106 valence electrons. The lowest BCUT2D eigenvalue weighted by atomic mass is 10.4. The van der Waals surface area contributed by atoms with Crippen LogP contribution in [0.2, 0.25) is 0 Å². The van der Waals surface area contributed by atoms with Crippen molar-refractivity contribution in [1.82, 2.24) is 10.2 Å². The Morgan fingerprint density at radius 3 is 2.72 bits per heavy atom. The van der Waals surface area contributed by atoms with Crippen molar-refractivity contribution in [2.45, 2.75) is 19.8 Å². The molecule has 0 aromatic rings. The van der Waals surface area contributed by atoms with Crippen LogP contribution in [0.4, 0.5) is 0 Å². The van der Waals surface area contributed by atoms with Crippen molar-refractivity contribution in [3.63, 3.8) is 0 Å². The van der Waals surface area contributed by atoms with E-state index in [9.17, 15) is 4.79 Å². The number of rotatable bonds is 5. The molecule has 1 saturated heterocycles. The van der Waals surface area contributed by atoms with Crippen LogP contribution in [0.25, 0.3) is 0 Å². The summed E-state index contributed by atoms with van der Waals surface area (Å²) in [5, 5.41) is 2.80. The van der Waals surface area contributed by atoms with E-state index < -0.39 is 0 Å². The van der Waals surface area contributed by atoms with E-state index in [1.54, 1.807) is 0 Å². The van der Waals surface area contributed by atoms with Crippen LogP contribution < -0.4 is 11.1 Å². The van der Waals surface area contributed by atoms with Crippen LogP contribution in [-0.2, 0) is 9.53 Å². The minimum absolute atomic E-state index is 0. The van der Waals surface area contributed by atoms with Crippen LogP contribution in [0.5, 0.6) is 0 Å². The molecule has 1 fully saturated rings. The second-order valence-electron chi connectivity index (χ2n) is 3.94. The standard InChI is InChI=1S/C11H22N4O2.HI/c1-2-4-13-10(16)3-5-14-11(12)15-6-8-17-9-7-15;/h2-9H2,1H3,(H2,12,14)(H,13,16);1H. The number of guanidine groups is 1. The SMILES string of the molecule is CCCNC(=O)CCN=C(N)N1CCOCC1.I. The lowest BCUT2D eigenvalue weighted by Gasteiger charge is -2.27. The number of aliphatic imine (C=N–C) groups is 1. The van der Waals surface area contributed by atoms with Crippen molar-refractivity contribution < 1.29 is 9.53 Å². The average Bonchev–Trinajstić information content (AvgIpc) is 2.37. The number of nitrogens with zero attached hydrogens (tertiary/aromatic N) is 2. The first-order chi connectivity index (χ1) is 8.24. The van der Waals surface area contributed by atoms with Crippen LogP contribution in [0.1, 0.15) is 19.8 Å². The summed E-state index contributed by atoms with van der Waals surface area (Å²) in [5.41, 5.74) is 5.82. The Kier molecular flexibility index (Phi) is 10.0. The molecule has 0 bridgehead atoms. The molecule has 7 heteroatoms. The summed E-state index contributed by atoms with van der Waals surface area (Å²) in [6, 6.07) is 0. The summed E-state index contributed by atoms with van der Waals surface area (Å²) in [5.74, 6) is 0.543. The van der Waals surface area contributed by atoms with E-state index in [1.165, 1.54) is 0 Å². The minimum atomic E-state index is 0. The number of carbonyl (C=O) groups excluding carboxylic acids is 1. The van der Waals surface area contributed by atoms with E-state index >= 15 is 0 Å². The molecule has 0 aromatic carbocycles. The molecular formula is C11H23IN4O2. The van der Waals surface area contributed by atoms with Crippen LogP contribution >= 0.6 is 24.0 Å². The van der Waals surface area contributed by atoms with Crippen molar-refractivity contribution in [2.75, 3.05) is 39.4 Å². The van der Waals surface area contributed by atoms with E-state index in [4.69, 9.17) is 10.5 Å². The van der Waals surface area contributed by atoms with E-state index in [1.807, 2.05) is 11.8 Å². The number of halogens is 1. The molecule has 0 spiro atoms. The van der Waals surface area contributed by atoms with Crippen molar-refractivity contribution >= 4 is 35.8 Å². The smallest absolute Gasteiger partial charge is 0.221 e. The van der Waals surface area contributed by atoms with Gasteiger partial charge in [0.1, 0.15) is 0 Å². The maximum atomic E-state index is 11.3. The van der Waals surface area contributed by atoms with Crippen LogP contribution in [-0.4, -0.2) is 56.2 Å². The van der Waals surface area contributed by atoms with Gasteiger partial charge in [0.05, 0.1) is 19.8 Å². The average molecular weight is 370 g/mol. The highest BCUT2D eigenvalue weighted by Gasteiger charge is 2.11. The van der Waals surface area contributed by atoms with Gasteiger partial charge in [-0.05, 0) is 6.42 Å². The molecule has 6 nitrogen and oxygen atoms in total. The van der Waals surface area contributed by atoms with Gasteiger partial charge < -0.3 is 20.7 Å².